The highest BCUT2D eigenvalue weighted by molar-refractivity contribution is 7.85. The van der Waals surface area contributed by atoms with Crippen LogP contribution in [0.25, 0.3) is 11.4 Å². The molecule has 1 aliphatic rings. The summed E-state index contributed by atoms with van der Waals surface area (Å²) in [6.07, 6.45) is 0.876. The summed E-state index contributed by atoms with van der Waals surface area (Å²) in [5, 5.41) is 8.20. The Morgan fingerprint density at radius 3 is 2.57 bits per heavy atom. The summed E-state index contributed by atoms with van der Waals surface area (Å²) in [6.45, 7) is 2.33. The van der Waals surface area contributed by atoms with Crippen LogP contribution in [0.2, 0.25) is 0 Å². The molecule has 0 spiro atoms. The molecule has 2 aromatic heterocycles. The van der Waals surface area contributed by atoms with Crippen LogP contribution >= 0.6 is 0 Å². The average molecular weight is 504 g/mol. The van der Waals surface area contributed by atoms with Gasteiger partial charge in [-0.15, -0.1) is 5.10 Å². The number of nitrogens with zero attached hydrogens (tertiary/aromatic N) is 5. The fourth-order valence-corrected chi connectivity index (χ4v) is 4.45. The third-order valence-corrected chi connectivity index (χ3v) is 6.26. The van der Waals surface area contributed by atoms with E-state index in [4.69, 9.17) is 18.4 Å². The summed E-state index contributed by atoms with van der Waals surface area (Å²) in [5.41, 5.74) is 1.69. The predicted octanol–water partition coefficient (Wildman–Crippen LogP) is 1.16. The number of hydrogen-bond donors (Lipinski definition) is 0. The molecule has 0 N–H and O–H groups in total. The number of methoxy groups -OCH3 is 1. The standard InChI is InChI=1S/C22H25N5O7S/c1-15-23-19(8-20(24-15)22(28)31-2)21-10-27(26-25-21)9-17-11-33-18(12-32-17)13-34-35(29,30)14-16-6-4-3-5-7-16/h3-8,10,17-18H,9,11-14H2,1-2H3/t17-,18-/m0/s1. The Kier molecular flexibility index (Phi) is 7.80. The molecule has 3 heterocycles. The summed E-state index contributed by atoms with van der Waals surface area (Å²) < 4.78 is 47.3. The summed E-state index contributed by atoms with van der Waals surface area (Å²) in [5.74, 6) is -0.366. The molecule has 186 valence electrons. The van der Waals surface area contributed by atoms with Crippen molar-refractivity contribution in [2.75, 3.05) is 26.9 Å². The van der Waals surface area contributed by atoms with Gasteiger partial charge in [-0.3, -0.25) is 4.18 Å². The molecule has 1 aromatic carbocycles. The molecule has 1 saturated heterocycles. The maximum atomic E-state index is 12.2. The SMILES string of the molecule is COC(=O)c1cc(-c2cn(C[C@H]3CO[C@H](COS(=O)(=O)Cc4ccccc4)CO3)nn2)nc(C)n1. The Morgan fingerprint density at radius 2 is 1.86 bits per heavy atom. The van der Waals surface area contributed by atoms with Gasteiger partial charge in [-0.2, -0.15) is 8.42 Å². The van der Waals surface area contributed by atoms with Gasteiger partial charge in [-0.25, -0.2) is 19.4 Å². The highest BCUT2D eigenvalue weighted by atomic mass is 32.2. The van der Waals surface area contributed by atoms with Crippen molar-refractivity contribution in [3.05, 3.63) is 59.7 Å². The quantitative estimate of drug-likeness (QED) is 0.306. The van der Waals surface area contributed by atoms with E-state index in [0.717, 1.165) is 0 Å². The van der Waals surface area contributed by atoms with Gasteiger partial charge in [0.25, 0.3) is 10.1 Å². The molecule has 3 aromatic rings. The number of aromatic nitrogens is 5. The minimum Gasteiger partial charge on any atom is -0.464 e. The molecule has 1 aliphatic heterocycles. The Hall–Kier alpha value is -3.26. The lowest BCUT2D eigenvalue weighted by atomic mass is 10.2. The van der Waals surface area contributed by atoms with Gasteiger partial charge >= 0.3 is 5.97 Å². The van der Waals surface area contributed by atoms with E-state index in [1.165, 1.54) is 13.2 Å². The van der Waals surface area contributed by atoms with Gasteiger partial charge in [-0.1, -0.05) is 35.5 Å². The van der Waals surface area contributed by atoms with Gasteiger partial charge < -0.3 is 14.2 Å². The molecule has 0 saturated carbocycles. The van der Waals surface area contributed by atoms with Crippen LogP contribution in [-0.4, -0.2) is 78.5 Å². The number of rotatable bonds is 9. The van der Waals surface area contributed by atoms with Crippen LogP contribution in [-0.2, 0) is 40.8 Å². The van der Waals surface area contributed by atoms with E-state index in [9.17, 15) is 13.2 Å². The highest BCUT2D eigenvalue weighted by Gasteiger charge is 2.25. The minimum absolute atomic E-state index is 0.120. The number of carbonyl (C=O) groups excluding carboxylic acids is 1. The second-order valence-electron chi connectivity index (χ2n) is 7.89. The van der Waals surface area contributed by atoms with Crippen molar-refractivity contribution in [1.82, 2.24) is 25.0 Å². The van der Waals surface area contributed by atoms with E-state index in [2.05, 4.69) is 20.3 Å². The molecule has 0 bridgehead atoms. The maximum Gasteiger partial charge on any atom is 0.356 e. The van der Waals surface area contributed by atoms with Crippen molar-refractivity contribution in [3.8, 4) is 11.4 Å². The number of hydrogen-bond acceptors (Lipinski definition) is 11. The van der Waals surface area contributed by atoms with Gasteiger partial charge in [-0.05, 0) is 18.6 Å². The minimum atomic E-state index is -3.73. The number of aryl methyl sites for hydroxylation is 1. The fourth-order valence-electron chi connectivity index (χ4n) is 3.41. The first-order chi connectivity index (χ1) is 16.8. The first kappa shape index (κ1) is 24.9. The molecule has 35 heavy (non-hydrogen) atoms. The molecule has 1 fully saturated rings. The normalized spacial score (nSPS) is 18.3. The zero-order chi connectivity index (χ0) is 24.8. The zero-order valence-electron chi connectivity index (χ0n) is 19.2. The highest BCUT2D eigenvalue weighted by Crippen LogP contribution is 2.17. The molecule has 0 aliphatic carbocycles. The number of carbonyl (C=O) groups is 1. The van der Waals surface area contributed by atoms with Crippen LogP contribution in [0.3, 0.4) is 0 Å². The van der Waals surface area contributed by atoms with E-state index in [-0.39, 0.29) is 37.4 Å². The molecular formula is C22H25N5O7S. The lowest BCUT2D eigenvalue weighted by Crippen LogP contribution is -2.40. The molecular weight excluding hydrogens is 478 g/mol. The van der Waals surface area contributed by atoms with Crippen LogP contribution in [0, 0.1) is 6.92 Å². The number of esters is 1. The molecule has 0 unspecified atom stereocenters. The lowest BCUT2D eigenvalue weighted by molar-refractivity contribution is -0.146. The number of ether oxygens (including phenoxy) is 3. The predicted molar refractivity (Wildman–Crippen MR) is 122 cm³/mol. The average Bonchev–Trinajstić information content (AvgIpc) is 3.32. The van der Waals surface area contributed by atoms with Crippen molar-refractivity contribution in [2.45, 2.75) is 31.4 Å². The van der Waals surface area contributed by atoms with Crippen LogP contribution in [0.4, 0.5) is 0 Å². The monoisotopic (exact) mass is 503 g/mol. The smallest absolute Gasteiger partial charge is 0.356 e. The van der Waals surface area contributed by atoms with Crippen LogP contribution in [0.5, 0.6) is 0 Å². The molecule has 2 atom stereocenters. The summed E-state index contributed by atoms with van der Waals surface area (Å²) in [4.78, 5) is 20.2. The van der Waals surface area contributed by atoms with E-state index >= 15 is 0 Å². The first-order valence-electron chi connectivity index (χ1n) is 10.8. The molecule has 0 amide bonds. The van der Waals surface area contributed by atoms with Crippen molar-refractivity contribution >= 4 is 16.1 Å². The van der Waals surface area contributed by atoms with Crippen molar-refractivity contribution < 1.29 is 31.6 Å². The van der Waals surface area contributed by atoms with Crippen molar-refractivity contribution in [3.63, 3.8) is 0 Å². The topological polar surface area (TPSA) is 145 Å². The molecule has 12 nitrogen and oxygen atoms in total. The molecule has 4 rings (SSSR count). The Bertz CT molecular complexity index is 1260. The second kappa shape index (κ2) is 11.0. The van der Waals surface area contributed by atoms with Crippen LogP contribution < -0.4 is 0 Å². The summed E-state index contributed by atoms with van der Waals surface area (Å²) >= 11 is 0. The van der Waals surface area contributed by atoms with Gasteiger partial charge in [0, 0.05) is 0 Å². The maximum absolute atomic E-state index is 12.2. The Balaban J connectivity index is 1.27. The lowest BCUT2D eigenvalue weighted by Gasteiger charge is -2.29. The zero-order valence-corrected chi connectivity index (χ0v) is 20.1. The molecule has 13 heteroatoms. The van der Waals surface area contributed by atoms with Gasteiger partial charge in [0.1, 0.15) is 29.5 Å². The van der Waals surface area contributed by atoms with Gasteiger partial charge in [0.05, 0.1) is 45.4 Å². The van der Waals surface area contributed by atoms with E-state index in [0.29, 0.717) is 29.3 Å². The largest absolute Gasteiger partial charge is 0.464 e. The molecule has 0 radical (unpaired) electrons. The van der Waals surface area contributed by atoms with Crippen molar-refractivity contribution in [1.29, 1.82) is 0 Å². The first-order valence-corrected chi connectivity index (χ1v) is 12.4. The van der Waals surface area contributed by atoms with Gasteiger partial charge in [0.15, 0.2) is 5.69 Å². The van der Waals surface area contributed by atoms with Gasteiger partial charge in [0.2, 0.25) is 0 Å². The van der Waals surface area contributed by atoms with E-state index in [1.807, 2.05) is 6.07 Å². The van der Waals surface area contributed by atoms with E-state index in [1.54, 1.807) is 42.1 Å². The third kappa shape index (κ3) is 6.88. The van der Waals surface area contributed by atoms with E-state index < -0.39 is 22.2 Å². The second-order valence-corrected chi connectivity index (χ2v) is 9.53. The Labute approximate surface area is 202 Å². The van der Waals surface area contributed by atoms with Crippen LogP contribution in [0.1, 0.15) is 21.9 Å². The van der Waals surface area contributed by atoms with Crippen LogP contribution in [0.15, 0.2) is 42.6 Å². The number of benzene rings is 1. The Morgan fingerprint density at radius 1 is 1.11 bits per heavy atom. The fraction of sp³-hybridized carbons (Fsp3) is 0.409. The van der Waals surface area contributed by atoms with Crippen molar-refractivity contribution in [2.24, 2.45) is 0 Å². The summed E-state index contributed by atoms with van der Waals surface area (Å²) in [6, 6.07) is 10.3. The third-order valence-electron chi connectivity index (χ3n) is 5.08. The summed E-state index contributed by atoms with van der Waals surface area (Å²) in [7, 11) is -2.45.